The Balaban J connectivity index is 2.44. The minimum Gasteiger partial charge on any atom is -0.426 e. The van der Waals surface area contributed by atoms with E-state index in [1.54, 1.807) is 30.3 Å². The van der Waals surface area contributed by atoms with Crippen molar-refractivity contribution in [3.63, 3.8) is 0 Å². The number of benzene rings is 1. The summed E-state index contributed by atoms with van der Waals surface area (Å²) in [5.41, 5.74) is 0. The van der Waals surface area contributed by atoms with Gasteiger partial charge in [-0.1, -0.05) is 18.2 Å². The second-order valence-electron chi connectivity index (χ2n) is 2.88. The van der Waals surface area contributed by atoms with Crippen LogP contribution in [-0.2, 0) is 14.8 Å². The largest absolute Gasteiger partial charge is 0.426 e. The lowest BCUT2D eigenvalue weighted by molar-refractivity contribution is -0.133. The molecule has 0 radical (unpaired) electrons. The fourth-order valence-electron chi connectivity index (χ4n) is 0.846. The lowest BCUT2D eigenvalue weighted by Crippen LogP contribution is -2.30. The van der Waals surface area contributed by atoms with Gasteiger partial charge in [0.2, 0.25) is 10.0 Å². The van der Waals surface area contributed by atoms with Crippen molar-refractivity contribution >= 4 is 16.0 Å². The van der Waals surface area contributed by atoms with Crippen molar-refractivity contribution in [2.45, 2.75) is 0 Å². The zero-order valence-electron chi connectivity index (χ0n) is 8.14. The van der Waals surface area contributed by atoms with E-state index >= 15 is 0 Å². The molecule has 0 aliphatic heterocycles. The zero-order valence-corrected chi connectivity index (χ0v) is 8.95. The maximum absolute atomic E-state index is 11.1. The average Bonchev–Trinajstić information content (AvgIpc) is 2.15. The Morgan fingerprint density at radius 2 is 1.93 bits per heavy atom. The molecule has 1 rings (SSSR count). The highest BCUT2D eigenvalue weighted by Crippen LogP contribution is 2.07. The van der Waals surface area contributed by atoms with Gasteiger partial charge in [-0.2, -0.15) is 0 Å². The molecular formula is C9H11NO4S. The van der Waals surface area contributed by atoms with Crippen molar-refractivity contribution in [1.29, 1.82) is 0 Å². The predicted molar refractivity (Wildman–Crippen MR) is 54.9 cm³/mol. The molecule has 6 heteroatoms. The predicted octanol–water partition coefficient (Wildman–Crippen LogP) is 0.141. The first kappa shape index (κ1) is 11.7. The number of para-hydroxylation sites is 1. The lowest BCUT2D eigenvalue weighted by Gasteiger charge is -2.03. The molecule has 0 saturated carbocycles. The summed E-state index contributed by atoms with van der Waals surface area (Å²) in [5.74, 6) is -0.260. The van der Waals surface area contributed by atoms with Crippen LogP contribution in [0.2, 0.25) is 0 Å². The highest BCUT2D eigenvalue weighted by atomic mass is 32.2. The van der Waals surface area contributed by atoms with E-state index in [0.29, 0.717) is 5.75 Å². The summed E-state index contributed by atoms with van der Waals surface area (Å²) in [5, 5.41) is 0. The van der Waals surface area contributed by atoms with E-state index in [-0.39, 0.29) is 6.54 Å². The fraction of sp³-hybridized carbons (Fsp3) is 0.222. The van der Waals surface area contributed by atoms with Gasteiger partial charge in [-0.15, -0.1) is 0 Å². The molecule has 82 valence electrons. The first-order valence-corrected chi connectivity index (χ1v) is 6.07. The first-order chi connectivity index (χ1) is 6.97. The zero-order chi connectivity index (χ0) is 11.3. The smallest absolute Gasteiger partial charge is 0.326 e. The molecule has 0 spiro atoms. The molecule has 1 aromatic rings. The second kappa shape index (κ2) is 4.90. The highest BCUT2D eigenvalue weighted by Gasteiger charge is 2.07. The number of nitrogens with one attached hydrogen (secondary N) is 1. The summed E-state index contributed by atoms with van der Waals surface area (Å²) < 4.78 is 28.2. The van der Waals surface area contributed by atoms with Gasteiger partial charge in [0.1, 0.15) is 12.3 Å². The van der Waals surface area contributed by atoms with Crippen LogP contribution in [0.5, 0.6) is 5.75 Å². The Hall–Kier alpha value is -1.40. The molecule has 0 amide bonds. The van der Waals surface area contributed by atoms with Gasteiger partial charge >= 0.3 is 5.97 Å². The van der Waals surface area contributed by atoms with Crippen LogP contribution in [0.3, 0.4) is 0 Å². The summed E-state index contributed by atoms with van der Waals surface area (Å²) in [4.78, 5) is 11.1. The van der Waals surface area contributed by atoms with Gasteiger partial charge in [0.25, 0.3) is 0 Å². The van der Waals surface area contributed by atoms with Crippen molar-refractivity contribution in [1.82, 2.24) is 4.72 Å². The number of hydrogen-bond acceptors (Lipinski definition) is 4. The molecule has 5 nitrogen and oxygen atoms in total. The molecule has 0 aliphatic carbocycles. The average molecular weight is 229 g/mol. The van der Waals surface area contributed by atoms with Crippen LogP contribution in [0.25, 0.3) is 0 Å². The Kier molecular flexibility index (Phi) is 3.81. The van der Waals surface area contributed by atoms with Crippen molar-refractivity contribution in [3.8, 4) is 5.75 Å². The van der Waals surface area contributed by atoms with E-state index in [1.165, 1.54) is 0 Å². The molecule has 15 heavy (non-hydrogen) atoms. The number of ether oxygens (including phenoxy) is 1. The molecule has 0 fully saturated rings. The minimum absolute atomic E-state index is 0.367. The molecule has 0 unspecified atom stereocenters. The third-order valence-electron chi connectivity index (χ3n) is 1.45. The van der Waals surface area contributed by atoms with E-state index in [1.807, 2.05) is 4.72 Å². The summed E-state index contributed by atoms with van der Waals surface area (Å²) >= 11 is 0. The van der Waals surface area contributed by atoms with E-state index < -0.39 is 16.0 Å². The van der Waals surface area contributed by atoms with Crippen molar-refractivity contribution in [2.24, 2.45) is 0 Å². The molecular weight excluding hydrogens is 218 g/mol. The Morgan fingerprint density at radius 3 is 2.47 bits per heavy atom. The highest BCUT2D eigenvalue weighted by molar-refractivity contribution is 7.88. The normalized spacial score (nSPS) is 11.0. The van der Waals surface area contributed by atoms with Gasteiger partial charge in [-0.3, -0.25) is 4.79 Å². The topological polar surface area (TPSA) is 72.5 Å². The first-order valence-electron chi connectivity index (χ1n) is 4.18. The minimum atomic E-state index is -3.36. The Morgan fingerprint density at radius 1 is 1.33 bits per heavy atom. The maximum atomic E-state index is 11.1. The SMILES string of the molecule is CS(=O)(=O)NCC(=O)Oc1ccccc1. The molecule has 1 N–H and O–H groups in total. The molecule has 0 bridgehead atoms. The van der Waals surface area contributed by atoms with E-state index in [9.17, 15) is 13.2 Å². The number of carbonyl (C=O) groups excluding carboxylic acids is 1. The third-order valence-corrected chi connectivity index (χ3v) is 2.12. The van der Waals surface area contributed by atoms with E-state index in [2.05, 4.69) is 0 Å². The van der Waals surface area contributed by atoms with Crippen LogP contribution in [0.15, 0.2) is 30.3 Å². The van der Waals surface area contributed by atoms with Crippen LogP contribution < -0.4 is 9.46 Å². The fourth-order valence-corrected chi connectivity index (χ4v) is 1.23. The molecule has 0 aliphatic rings. The van der Waals surface area contributed by atoms with Crippen LogP contribution >= 0.6 is 0 Å². The van der Waals surface area contributed by atoms with E-state index in [0.717, 1.165) is 6.26 Å². The van der Waals surface area contributed by atoms with Crippen LogP contribution in [0.1, 0.15) is 0 Å². The van der Waals surface area contributed by atoms with Gasteiger partial charge in [0.15, 0.2) is 0 Å². The van der Waals surface area contributed by atoms with E-state index in [4.69, 9.17) is 4.74 Å². The van der Waals surface area contributed by atoms with Crippen molar-refractivity contribution < 1.29 is 17.9 Å². The monoisotopic (exact) mass is 229 g/mol. The molecule has 0 aromatic heterocycles. The van der Waals surface area contributed by atoms with Crippen LogP contribution in [0.4, 0.5) is 0 Å². The third kappa shape index (κ3) is 5.14. The van der Waals surface area contributed by atoms with Gasteiger partial charge in [0.05, 0.1) is 6.26 Å². The number of carbonyl (C=O) groups is 1. The summed E-state index contributed by atoms with van der Waals surface area (Å²) in [6.45, 7) is -0.367. The van der Waals surface area contributed by atoms with Gasteiger partial charge < -0.3 is 4.74 Å². The quantitative estimate of drug-likeness (QED) is 0.589. The van der Waals surface area contributed by atoms with Gasteiger partial charge in [-0.05, 0) is 12.1 Å². The number of hydrogen-bond donors (Lipinski definition) is 1. The summed E-state index contributed by atoms with van der Waals surface area (Å²) in [6.07, 6.45) is 0.975. The second-order valence-corrected chi connectivity index (χ2v) is 4.71. The van der Waals surface area contributed by atoms with Crippen molar-refractivity contribution in [2.75, 3.05) is 12.8 Å². The Labute approximate surface area is 88.1 Å². The van der Waals surface area contributed by atoms with Crippen LogP contribution in [0, 0.1) is 0 Å². The number of rotatable bonds is 4. The Bertz CT molecular complexity index is 427. The number of sulfonamides is 1. The van der Waals surface area contributed by atoms with Crippen molar-refractivity contribution in [3.05, 3.63) is 30.3 Å². The molecule has 0 heterocycles. The van der Waals surface area contributed by atoms with Gasteiger partial charge in [-0.25, -0.2) is 13.1 Å². The maximum Gasteiger partial charge on any atom is 0.326 e. The number of esters is 1. The lowest BCUT2D eigenvalue weighted by atomic mass is 10.3. The summed E-state index contributed by atoms with van der Waals surface area (Å²) in [7, 11) is -3.36. The molecule has 0 atom stereocenters. The standard InChI is InChI=1S/C9H11NO4S/c1-15(12,13)10-7-9(11)14-8-5-3-2-4-6-8/h2-6,10H,7H2,1H3. The molecule has 0 saturated heterocycles. The van der Waals surface area contributed by atoms with Gasteiger partial charge in [0, 0.05) is 0 Å². The van der Waals surface area contributed by atoms with Crippen LogP contribution in [-0.4, -0.2) is 27.2 Å². The summed E-state index contributed by atoms with van der Waals surface area (Å²) in [6, 6.07) is 8.43. The molecule has 1 aromatic carbocycles.